The number of aromatic amines is 1. The maximum absolute atomic E-state index is 13.2. The van der Waals surface area contributed by atoms with Gasteiger partial charge in [-0.2, -0.15) is 4.98 Å². The van der Waals surface area contributed by atoms with Crippen LogP contribution in [0.4, 0.5) is 23.0 Å². The summed E-state index contributed by atoms with van der Waals surface area (Å²) in [5.41, 5.74) is 3.50. The number of carbonyl (C=O) groups is 1. The first kappa shape index (κ1) is 39.5. The normalized spacial score (nSPS) is 11.4. The van der Waals surface area contributed by atoms with E-state index in [2.05, 4.69) is 51.7 Å². The summed E-state index contributed by atoms with van der Waals surface area (Å²) >= 11 is 0. The molecule has 0 fully saturated rings. The van der Waals surface area contributed by atoms with E-state index in [-0.39, 0.29) is 17.9 Å². The Kier molecular flexibility index (Phi) is 13.0. The highest BCUT2D eigenvalue weighted by Gasteiger charge is 2.19. The van der Waals surface area contributed by atoms with Gasteiger partial charge in [-0.15, -0.1) is 0 Å². The molecule has 0 bridgehead atoms. The van der Waals surface area contributed by atoms with Crippen molar-refractivity contribution >= 4 is 50.8 Å². The third kappa shape index (κ3) is 10.5. The van der Waals surface area contributed by atoms with Crippen LogP contribution in [-0.2, 0) is 24.4 Å². The van der Waals surface area contributed by atoms with Crippen LogP contribution < -0.4 is 35.9 Å². The Morgan fingerprint density at radius 2 is 1.59 bits per heavy atom. The molecule has 56 heavy (non-hydrogen) atoms. The summed E-state index contributed by atoms with van der Waals surface area (Å²) in [6.45, 7) is 8.87. The van der Waals surface area contributed by atoms with Gasteiger partial charge in [0.15, 0.2) is 5.58 Å². The number of aromatic nitrogens is 3. The molecule has 294 valence electrons. The number of nitrogens with zero attached hydrogens (tertiary/aromatic N) is 2. The van der Waals surface area contributed by atoms with Crippen molar-refractivity contribution in [3.63, 3.8) is 0 Å². The number of hydrogen-bond acceptors (Lipinski definition) is 13. The highest BCUT2D eigenvalue weighted by molar-refractivity contribution is 6.05. The number of methoxy groups -OCH3 is 2. The number of fused-ring (bicyclic) bond motifs is 2. The van der Waals surface area contributed by atoms with Gasteiger partial charge in [-0.25, -0.2) is 9.78 Å². The molecular weight excluding hydrogens is 720 g/mol. The Morgan fingerprint density at radius 1 is 0.839 bits per heavy atom. The summed E-state index contributed by atoms with van der Waals surface area (Å²) in [5.74, 6) is 1.44. The van der Waals surface area contributed by atoms with Gasteiger partial charge < -0.3 is 48.8 Å². The predicted octanol–water partition coefficient (Wildman–Crippen LogP) is 7.02. The molecule has 15 heteroatoms. The molecule has 0 aliphatic rings. The Bertz CT molecular complexity index is 2320. The second-order valence-corrected chi connectivity index (χ2v) is 13.6. The van der Waals surface area contributed by atoms with Gasteiger partial charge in [-0.05, 0) is 35.2 Å². The highest BCUT2D eigenvalue weighted by atomic mass is 16.6. The number of rotatable bonds is 19. The van der Waals surface area contributed by atoms with Crippen LogP contribution >= 0.6 is 0 Å². The maximum atomic E-state index is 13.2. The minimum absolute atomic E-state index is 0.0674. The van der Waals surface area contributed by atoms with Gasteiger partial charge in [0.1, 0.15) is 23.9 Å². The molecule has 0 unspecified atom stereocenters. The molecule has 0 aliphatic carbocycles. The SMILES string of the molecule is COCCOCCOCCOc1cc(Nc2nccc(Oc3ccc(NC(=O)CNc4cc(C(C)(C)C)cc5[nH]c(=O)oc45)c4ccccc34)n2)cc(OC)c1. The highest BCUT2D eigenvalue weighted by Crippen LogP contribution is 2.35. The van der Waals surface area contributed by atoms with Crippen LogP contribution in [0.25, 0.3) is 21.9 Å². The molecule has 0 spiro atoms. The molecule has 4 N–H and O–H groups in total. The zero-order valence-electron chi connectivity index (χ0n) is 32.0. The lowest BCUT2D eigenvalue weighted by atomic mass is 9.86. The van der Waals surface area contributed by atoms with Crippen LogP contribution in [0.3, 0.4) is 0 Å². The topological polar surface area (TPSA) is 180 Å². The van der Waals surface area contributed by atoms with Crippen LogP contribution in [0, 0.1) is 0 Å². The van der Waals surface area contributed by atoms with E-state index in [9.17, 15) is 9.59 Å². The van der Waals surface area contributed by atoms with Crippen LogP contribution in [0.15, 0.2) is 88.2 Å². The lowest BCUT2D eigenvalue weighted by Gasteiger charge is -2.20. The van der Waals surface area contributed by atoms with E-state index in [0.29, 0.717) is 96.9 Å². The summed E-state index contributed by atoms with van der Waals surface area (Å²) in [6, 6.07) is 22.0. The second kappa shape index (κ2) is 18.4. The Labute approximate surface area is 323 Å². The Balaban J connectivity index is 1.09. The fourth-order valence-electron chi connectivity index (χ4n) is 5.69. The van der Waals surface area contributed by atoms with Gasteiger partial charge in [-0.1, -0.05) is 45.0 Å². The van der Waals surface area contributed by atoms with Gasteiger partial charge in [0, 0.05) is 59.7 Å². The summed E-state index contributed by atoms with van der Waals surface area (Å²) in [7, 11) is 3.21. The summed E-state index contributed by atoms with van der Waals surface area (Å²) < 4.78 is 38.9. The fraction of sp³-hybridized carbons (Fsp3) is 0.317. The number of oxazole rings is 1. The molecule has 0 saturated heterocycles. The molecule has 0 atom stereocenters. The quantitative estimate of drug-likeness (QED) is 0.0619. The van der Waals surface area contributed by atoms with E-state index in [1.54, 1.807) is 50.7 Å². The standard InChI is InChI=1S/C41H46N6O9/c1-41(2,3)26-20-33(38-34(21-26)46-40(49)56-38)43-25-36(48)45-32-10-11-35(31-9-7-6-8-30(31)32)55-37-12-13-42-39(47-37)44-27-22-28(51-5)24-29(23-27)54-19-18-53-17-16-52-15-14-50-4/h6-13,20-24,43H,14-19,25H2,1-5H3,(H,45,48)(H,46,49)(H,42,44,47). The third-order valence-corrected chi connectivity index (χ3v) is 8.50. The molecule has 15 nitrogen and oxygen atoms in total. The summed E-state index contributed by atoms with van der Waals surface area (Å²) in [4.78, 5) is 36.9. The van der Waals surface area contributed by atoms with Gasteiger partial charge in [-0.3, -0.25) is 9.78 Å². The number of H-pyrrole nitrogens is 1. The summed E-state index contributed by atoms with van der Waals surface area (Å²) in [5, 5.41) is 10.9. The number of ether oxygens (including phenoxy) is 6. The first-order valence-electron chi connectivity index (χ1n) is 18.1. The number of amides is 1. The molecule has 4 aromatic carbocycles. The third-order valence-electron chi connectivity index (χ3n) is 8.50. The van der Waals surface area contributed by atoms with Crippen LogP contribution in [-0.4, -0.2) is 81.3 Å². The number of benzene rings is 4. The summed E-state index contributed by atoms with van der Waals surface area (Å²) in [6.07, 6.45) is 1.59. The van der Waals surface area contributed by atoms with Crippen molar-refractivity contribution in [2.24, 2.45) is 0 Å². The van der Waals surface area contributed by atoms with Crippen molar-refractivity contribution in [1.29, 1.82) is 0 Å². The minimum atomic E-state index is -0.562. The van der Waals surface area contributed by atoms with Crippen LogP contribution in [0.2, 0.25) is 0 Å². The molecular formula is C41H46N6O9. The van der Waals surface area contributed by atoms with Crippen LogP contribution in [0.1, 0.15) is 26.3 Å². The molecule has 6 aromatic rings. The molecule has 6 rings (SSSR count). The Hall–Kier alpha value is -6.16. The van der Waals surface area contributed by atoms with Gasteiger partial charge in [0.05, 0.1) is 57.9 Å². The van der Waals surface area contributed by atoms with Crippen molar-refractivity contribution in [3.05, 3.63) is 95.1 Å². The Morgan fingerprint density at radius 3 is 2.36 bits per heavy atom. The van der Waals surface area contributed by atoms with Crippen molar-refractivity contribution in [2.45, 2.75) is 26.2 Å². The van der Waals surface area contributed by atoms with Crippen LogP contribution in [0.5, 0.6) is 23.1 Å². The number of carbonyl (C=O) groups excluding carboxylic acids is 1. The van der Waals surface area contributed by atoms with E-state index in [4.69, 9.17) is 32.8 Å². The zero-order chi connectivity index (χ0) is 39.5. The van der Waals surface area contributed by atoms with Gasteiger partial charge in [0.2, 0.25) is 17.7 Å². The van der Waals surface area contributed by atoms with Crippen molar-refractivity contribution in [3.8, 4) is 23.1 Å². The molecule has 1 amide bonds. The zero-order valence-corrected chi connectivity index (χ0v) is 32.0. The second-order valence-electron chi connectivity index (χ2n) is 13.6. The van der Waals surface area contributed by atoms with Crippen molar-refractivity contribution < 1.29 is 37.6 Å². The van der Waals surface area contributed by atoms with Gasteiger partial charge >= 0.3 is 5.76 Å². The molecule has 2 aromatic heterocycles. The first-order valence-corrected chi connectivity index (χ1v) is 18.1. The molecule has 0 saturated carbocycles. The largest absolute Gasteiger partial charge is 0.497 e. The average molecular weight is 767 g/mol. The van der Waals surface area contributed by atoms with E-state index in [1.807, 2.05) is 42.5 Å². The van der Waals surface area contributed by atoms with Gasteiger partial charge in [0.25, 0.3) is 0 Å². The van der Waals surface area contributed by atoms with E-state index in [0.717, 1.165) is 16.3 Å². The lowest BCUT2D eigenvalue weighted by molar-refractivity contribution is -0.114. The molecule has 2 heterocycles. The average Bonchev–Trinajstić information content (AvgIpc) is 3.57. The lowest BCUT2D eigenvalue weighted by Crippen LogP contribution is -2.22. The number of anilines is 4. The van der Waals surface area contributed by atoms with E-state index >= 15 is 0 Å². The minimum Gasteiger partial charge on any atom is -0.497 e. The fourth-order valence-corrected chi connectivity index (χ4v) is 5.69. The number of nitrogens with one attached hydrogen (secondary N) is 4. The molecule has 0 radical (unpaired) electrons. The first-order chi connectivity index (χ1) is 27.1. The van der Waals surface area contributed by atoms with Crippen molar-refractivity contribution in [2.75, 3.05) is 76.4 Å². The molecule has 0 aliphatic heterocycles. The van der Waals surface area contributed by atoms with E-state index < -0.39 is 5.76 Å². The van der Waals surface area contributed by atoms with E-state index in [1.165, 1.54) is 0 Å². The number of hydrogen-bond donors (Lipinski definition) is 4. The maximum Gasteiger partial charge on any atom is 0.417 e. The van der Waals surface area contributed by atoms with Crippen molar-refractivity contribution in [1.82, 2.24) is 15.0 Å². The smallest absolute Gasteiger partial charge is 0.417 e. The monoisotopic (exact) mass is 766 g/mol. The predicted molar refractivity (Wildman–Crippen MR) is 214 cm³/mol.